The molecule has 0 spiro atoms. The Kier molecular flexibility index (Phi) is 9.45. The summed E-state index contributed by atoms with van der Waals surface area (Å²) in [5, 5.41) is 0. The fourth-order valence-electron chi connectivity index (χ4n) is 6.69. The van der Waals surface area contributed by atoms with E-state index in [-0.39, 0.29) is 6.67 Å². The van der Waals surface area contributed by atoms with E-state index in [0.717, 1.165) is 42.9 Å². The number of alkyl halides is 1. The third kappa shape index (κ3) is 6.93. The van der Waals surface area contributed by atoms with E-state index >= 15 is 0 Å². The molecule has 0 unspecified atom stereocenters. The Morgan fingerprint density at radius 3 is 1.82 bits per heavy atom. The van der Waals surface area contributed by atoms with Crippen LogP contribution in [0.2, 0.25) is 0 Å². The second-order valence-electron chi connectivity index (χ2n) is 11.0. The van der Waals surface area contributed by atoms with E-state index < -0.39 is 0 Å². The summed E-state index contributed by atoms with van der Waals surface area (Å²) in [6.45, 7) is 2.16. The minimum Gasteiger partial charge on any atom is -0.251 e. The molecule has 2 saturated carbocycles. The van der Waals surface area contributed by atoms with Crippen LogP contribution < -0.4 is 0 Å². The van der Waals surface area contributed by atoms with Crippen molar-refractivity contribution in [1.29, 1.82) is 0 Å². The maximum absolute atomic E-state index is 12.2. The van der Waals surface area contributed by atoms with Gasteiger partial charge in [0.1, 0.15) is 0 Å². The summed E-state index contributed by atoms with van der Waals surface area (Å²) in [6.07, 6.45) is 18.3. The van der Waals surface area contributed by atoms with Crippen LogP contribution >= 0.6 is 0 Å². The number of unbranched alkanes of at least 4 members (excludes halogenated alkanes) is 2. The summed E-state index contributed by atoms with van der Waals surface area (Å²) >= 11 is 0. The van der Waals surface area contributed by atoms with Gasteiger partial charge >= 0.3 is 0 Å². The van der Waals surface area contributed by atoms with Crippen LogP contribution in [-0.4, -0.2) is 6.67 Å². The smallest absolute Gasteiger partial charge is 0.0894 e. The fraction of sp³-hybridized carbons (Fsp3) is 0.625. The number of hydrogen-bond acceptors (Lipinski definition) is 0. The molecule has 0 atom stereocenters. The molecule has 0 bridgehead atoms. The molecule has 1 heteroatoms. The highest BCUT2D eigenvalue weighted by atomic mass is 19.1. The van der Waals surface area contributed by atoms with Crippen molar-refractivity contribution in [2.45, 2.75) is 103 Å². The van der Waals surface area contributed by atoms with E-state index in [4.69, 9.17) is 0 Å². The molecule has 0 aromatic heterocycles. The average molecular weight is 449 g/mol. The van der Waals surface area contributed by atoms with Gasteiger partial charge in [0.05, 0.1) is 6.67 Å². The topological polar surface area (TPSA) is 0 Å². The monoisotopic (exact) mass is 448 g/mol. The molecule has 2 aliphatic carbocycles. The third-order valence-electron chi connectivity index (χ3n) is 8.80. The summed E-state index contributed by atoms with van der Waals surface area (Å²) in [5.41, 5.74) is 5.54. The van der Waals surface area contributed by atoms with Crippen LogP contribution in [0.5, 0.6) is 0 Å². The van der Waals surface area contributed by atoms with Crippen molar-refractivity contribution in [2.24, 2.45) is 17.8 Å². The van der Waals surface area contributed by atoms with Gasteiger partial charge in [-0.3, -0.25) is 4.39 Å². The Labute approximate surface area is 202 Å². The Morgan fingerprint density at radius 1 is 0.667 bits per heavy atom. The Bertz CT molecular complexity index is 789. The Morgan fingerprint density at radius 2 is 1.24 bits per heavy atom. The molecule has 2 aromatic rings. The van der Waals surface area contributed by atoms with Crippen LogP contribution in [-0.2, 0) is 6.42 Å². The van der Waals surface area contributed by atoms with Crippen molar-refractivity contribution in [3.63, 3.8) is 0 Å². The summed E-state index contributed by atoms with van der Waals surface area (Å²) in [5.74, 6) is 3.81. The predicted octanol–water partition coefficient (Wildman–Crippen LogP) is 9.92. The molecule has 2 aliphatic rings. The van der Waals surface area contributed by atoms with Gasteiger partial charge in [-0.1, -0.05) is 87.6 Å². The fourth-order valence-corrected chi connectivity index (χ4v) is 6.69. The Hall–Kier alpha value is -1.63. The van der Waals surface area contributed by atoms with Crippen molar-refractivity contribution in [2.75, 3.05) is 6.67 Å². The highest BCUT2D eigenvalue weighted by Crippen LogP contribution is 2.44. The van der Waals surface area contributed by atoms with Gasteiger partial charge in [-0.05, 0) is 104 Å². The van der Waals surface area contributed by atoms with E-state index in [2.05, 4.69) is 55.5 Å². The highest BCUT2D eigenvalue weighted by Gasteiger charge is 2.31. The van der Waals surface area contributed by atoms with Crippen molar-refractivity contribution in [3.05, 3.63) is 59.7 Å². The van der Waals surface area contributed by atoms with E-state index in [0.29, 0.717) is 6.42 Å². The van der Waals surface area contributed by atoms with Crippen LogP contribution in [0.1, 0.15) is 107 Å². The van der Waals surface area contributed by atoms with Crippen LogP contribution in [0, 0.1) is 17.8 Å². The lowest BCUT2D eigenvalue weighted by Crippen LogP contribution is -2.25. The van der Waals surface area contributed by atoms with Crippen LogP contribution in [0.25, 0.3) is 11.1 Å². The first-order chi connectivity index (χ1) is 16.3. The summed E-state index contributed by atoms with van der Waals surface area (Å²) in [6, 6.07) is 18.4. The lowest BCUT2D eigenvalue weighted by molar-refractivity contribution is 0.156. The maximum Gasteiger partial charge on any atom is 0.0894 e. The number of hydrogen-bond donors (Lipinski definition) is 0. The normalized spacial score (nSPS) is 25.8. The van der Waals surface area contributed by atoms with E-state index in [1.807, 2.05) is 0 Å². The van der Waals surface area contributed by atoms with Crippen molar-refractivity contribution in [3.8, 4) is 11.1 Å². The second kappa shape index (κ2) is 12.7. The van der Waals surface area contributed by atoms with Crippen LogP contribution in [0.4, 0.5) is 4.39 Å². The molecule has 33 heavy (non-hydrogen) atoms. The SMILES string of the molecule is CCCC1CCC(C2CCC(c3ccc(-c4ccc(CCCCCF)cc4)cc3)CC2)CC1. The summed E-state index contributed by atoms with van der Waals surface area (Å²) in [7, 11) is 0. The molecule has 0 N–H and O–H groups in total. The molecule has 0 amide bonds. The molecule has 4 rings (SSSR count). The standard InChI is InChI=1S/C32H45F/c1-2-6-25-8-12-27(13-9-25)29-16-20-31(21-17-29)32-22-18-30(19-23-32)28-14-10-26(11-15-28)7-4-3-5-24-33/h10-11,14-15,18-19,22-23,25,27,29,31H,2-9,12-13,16-17,20-21,24H2,1H3. The summed E-state index contributed by atoms with van der Waals surface area (Å²) in [4.78, 5) is 0. The lowest BCUT2D eigenvalue weighted by Gasteiger charge is -2.38. The van der Waals surface area contributed by atoms with Gasteiger partial charge in [0.2, 0.25) is 0 Å². The molecule has 0 radical (unpaired) electrons. The first-order valence-corrected chi connectivity index (χ1v) is 14.0. The van der Waals surface area contributed by atoms with Crippen molar-refractivity contribution >= 4 is 0 Å². The number of aryl methyl sites for hydroxylation is 1. The zero-order chi connectivity index (χ0) is 22.9. The average Bonchev–Trinajstić information content (AvgIpc) is 2.88. The van der Waals surface area contributed by atoms with Crippen molar-refractivity contribution in [1.82, 2.24) is 0 Å². The van der Waals surface area contributed by atoms with Gasteiger partial charge < -0.3 is 0 Å². The maximum atomic E-state index is 12.2. The van der Waals surface area contributed by atoms with Gasteiger partial charge in [-0.2, -0.15) is 0 Å². The molecule has 0 aliphatic heterocycles. The highest BCUT2D eigenvalue weighted by molar-refractivity contribution is 5.64. The zero-order valence-corrected chi connectivity index (χ0v) is 20.9. The first kappa shape index (κ1) is 24.5. The van der Waals surface area contributed by atoms with Gasteiger partial charge in [0.25, 0.3) is 0 Å². The van der Waals surface area contributed by atoms with Gasteiger partial charge in [-0.25, -0.2) is 0 Å². The van der Waals surface area contributed by atoms with Gasteiger partial charge in [-0.15, -0.1) is 0 Å². The minimum atomic E-state index is -0.184. The Balaban J connectivity index is 1.24. The molecule has 180 valence electrons. The molecule has 0 heterocycles. The van der Waals surface area contributed by atoms with E-state index in [1.54, 1.807) is 5.56 Å². The third-order valence-corrected chi connectivity index (χ3v) is 8.80. The largest absolute Gasteiger partial charge is 0.251 e. The number of halogens is 1. The lowest BCUT2D eigenvalue weighted by atomic mass is 9.68. The van der Waals surface area contributed by atoms with Gasteiger partial charge in [0, 0.05) is 0 Å². The molecule has 0 nitrogen and oxygen atoms in total. The minimum absolute atomic E-state index is 0.184. The number of benzene rings is 2. The molecule has 2 aromatic carbocycles. The first-order valence-electron chi connectivity index (χ1n) is 14.0. The molecular formula is C32H45F. The quantitative estimate of drug-likeness (QED) is 0.317. The molecule has 2 fully saturated rings. The van der Waals surface area contributed by atoms with Gasteiger partial charge in [0.15, 0.2) is 0 Å². The van der Waals surface area contributed by atoms with Crippen LogP contribution in [0.3, 0.4) is 0 Å². The van der Waals surface area contributed by atoms with Crippen molar-refractivity contribution < 1.29 is 4.39 Å². The van der Waals surface area contributed by atoms with E-state index in [9.17, 15) is 4.39 Å². The summed E-state index contributed by atoms with van der Waals surface area (Å²) < 4.78 is 12.2. The molecule has 0 saturated heterocycles. The van der Waals surface area contributed by atoms with E-state index in [1.165, 1.54) is 80.9 Å². The predicted molar refractivity (Wildman–Crippen MR) is 140 cm³/mol. The number of rotatable bonds is 10. The van der Waals surface area contributed by atoms with Crippen LogP contribution in [0.15, 0.2) is 48.5 Å². The second-order valence-corrected chi connectivity index (χ2v) is 11.0. The molecular weight excluding hydrogens is 403 g/mol. The zero-order valence-electron chi connectivity index (χ0n) is 20.9.